The molecule has 3 aliphatic rings. The van der Waals surface area contributed by atoms with Gasteiger partial charge in [-0.2, -0.15) is 18.4 Å². The molecule has 2 atom stereocenters. The summed E-state index contributed by atoms with van der Waals surface area (Å²) in [6.45, 7) is 1.04. The molecule has 2 aromatic carbocycles. The average molecular weight is 573 g/mol. The summed E-state index contributed by atoms with van der Waals surface area (Å²) in [7, 11) is -4.17. The molecule has 2 saturated carbocycles. The fourth-order valence-corrected chi connectivity index (χ4v) is 7.60. The van der Waals surface area contributed by atoms with Crippen LogP contribution in [0, 0.1) is 29.1 Å². The third kappa shape index (κ3) is 4.62. The zero-order chi connectivity index (χ0) is 29.1. The molecule has 0 spiro atoms. The van der Waals surface area contributed by atoms with Crippen LogP contribution in [0.15, 0.2) is 47.4 Å². The second-order valence-corrected chi connectivity index (χ2v) is 13.4. The monoisotopic (exact) mass is 572 g/mol. The number of amides is 1. The van der Waals surface area contributed by atoms with Crippen LogP contribution in [-0.4, -0.2) is 55.3 Å². The lowest BCUT2D eigenvalue weighted by Crippen LogP contribution is -2.49. The molecule has 1 aliphatic heterocycles. The van der Waals surface area contributed by atoms with Gasteiger partial charge < -0.3 is 4.90 Å². The van der Waals surface area contributed by atoms with Gasteiger partial charge >= 0.3 is 6.18 Å². The second-order valence-electron chi connectivity index (χ2n) is 11.2. The van der Waals surface area contributed by atoms with E-state index in [-0.39, 0.29) is 17.7 Å². The van der Waals surface area contributed by atoms with Gasteiger partial charge in [-0.1, -0.05) is 36.4 Å². The molecule has 210 valence electrons. The van der Waals surface area contributed by atoms with Crippen molar-refractivity contribution < 1.29 is 36.0 Å². The quantitative estimate of drug-likeness (QED) is 0.419. The molecule has 2 aliphatic carbocycles. The third-order valence-electron chi connectivity index (χ3n) is 8.52. The largest absolute Gasteiger partial charge is 0.403 e. The van der Waals surface area contributed by atoms with E-state index in [2.05, 4.69) is 6.07 Å². The molecule has 2 aromatic rings. The number of benzene rings is 2. The number of halogens is 3. The first-order chi connectivity index (χ1) is 18.8. The minimum absolute atomic E-state index is 0.0574. The normalized spacial score (nSPS) is 22.8. The number of likely N-dealkylation sites (tertiary alicyclic amines) is 1. The number of Topliss-reactive ketones (excluding diaryl/α,β-unsaturated/α-hetero) is 1. The molecule has 0 aromatic heterocycles. The van der Waals surface area contributed by atoms with Gasteiger partial charge in [0.25, 0.3) is 0 Å². The topological polar surface area (TPSA) is 112 Å². The summed E-state index contributed by atoms with van der Waals surface area (Å²) in [4.78, 5) is 38.7. The van der Waals surface area contributed by atoms with Crippen LogP contribution >= 0.6 is 0 Å². The molecular formula is C29H27F3N2O5S. The molecule has 1 amide bonds. The van der Waals surface area contributed by atoms with Crippen molar-refractivity contribution in [3.05, 3.63) is 53.6 Å². The molecule has 40 heavy (non-hydrogen) atoms. The van der Waals surface area contributed by atoms with Gasteiger partial charge in [0.1, 0.15) is 5.41 Å². The SMILES string of the molecule is Cc1cc(-c2ccccc2C=O)ccc1S(=O)(=O)[C@@H]1C[C@@H](C(=O)CC2(C#N)CC2)N(C(=O)C2(C(F)(F)F)CC2)C1. The minimum atomic E-state index is -4.82. The molecule has 1 heterocycles. The minimum Gasteiger partial charge on any atom is -0.331 e. The standard InChI is InChI=1S/C29H27F3N2O5S/c1-18-12-19(22-5-3-2-4-20(22)16-35)6-7-25(18)40(38,39)21-13-23(24(36)14-27(17-33)8-9-27)34(15-21)26(37)28(10-11-28)29(30,31)32/h2-7,12,16,21,23H,8-11,13-15H2,1H3/t21-,23+/m1/s1. The van der Waals surface area contributed by atoms with E-state index in [9.17, 15) is 41.2 Å². The number of ketones is 1. The predicted molar refractivity (Wildman–Crippen MR) is 138 cm³/mol. The number of hydrogen-bond acceptors (Lipinski definition) is 6. The molecular weight excluding hydrogens is 545 g/mol. The van der Waals surface area contributed by atoms with E-state index in [1.807, 2.05) is 0 Å². The molecule has 0 bridgehead atoms. The van der Waals surface area contributed by atoms with Gasteiger partial charge in [0.2, 0.25) is 5.91 Å². The Morgan fingerprint density at radius 3 is 2.35 bits per heavy atom. The van der Waals surface area contributed by atoms with Gasteiger partial charge in [0, 0.05) is 18.5 Å². The van der Waals surface area contributed by atoms with Gasteiger partial charge in [-0.15, -0.1) is 0 Å². The predicted octanol–water partition coefficient (Wildman–Crippen LogP) is 4.82. The van der Waals surface area contributed by atoms with Crippen LogP contribution in [0.25, 0.3) is 11.1 Å². The molecule has 0 unspecified atom stereocenters. The fourth-order valence-electron chi connectivity index (χ4n) is 5.68. The molecule has 1 saturated heterocycles. The van der Waals surface area contributed by atoms with Gasteiger partial charge in [-0.3, -0.25) is 14.4 Å². The van der Waals surface area contributed by atoms with Crippen LogP contribution < -0.4 is 0 Å². The number of aryl methyl sites for hydroxylation is 1. The summed E-state index contributed by atoms with van der Waals surface area (Å²) in [6.07, 6.45) is -4.55. The van der Waals surface area contributed by atoms with Gasteiger partial charge in [-0.25, -0.2) is 8.42 Å². The van der Waals surface area contributed by atoms with Gasteiger partial charge in [0.15, 0.2) is 21.9 Å². The number of carbonyl (C=O) groups is 3. The second kappa shape index (κ2) is 9.54. The van der Waals surface area contributed by atoms with E-state index in [0.717, 1.165) is 4.90 Å². The van der Waals surface area contributed by atoms with Crippen molar-refractivity contribution in [3.63, 3.8) is 0 Å². The maximum absolute atomic E-state index is 13.8. The number of nitrogens with zero attached hydrogens (tertiary/aromatic N) is 2. The molecule has 0 radical (unpaired) electrons. The van der Waals surface area contributed by atoms with Crippen LogP contribution in [0.5, 0.6) is 0 Å². The zero-order valence-corrected chi connectivity index (χ0v) is 22.5. The number of nitriles is 1. The van der Waals surface area contributed by atoms with E-state index in [1.54, 1.807) is 43.3 Å². The van der Waals surface area contributed by atoms with E-state index in [1.165, 1.54) is 6.07 Å². The van der Waals surface area contributed by atoms with Gasteiger partial charge in [-0.05, 0) is 61.8 Å². The first kappa shape index (κ1) is 28.0. The van der Waals surface area contributed by atoms with E-state index < -0.39 is 69.2 Å². The highest BCUT2D eigenvalue weighted by molar-refractivity contribution is 7.92. The molecule has 3 fully saturated rings. The maximum atomic E-state index is 13.8. The van der Waals surface area contributed by atoms with Crippen LogP contribution in [0.4, 0.5) is 13.2 Å². The zero-order valence-electron chi connectivity index (χ0n) is 21.7. The Balaban J connectivity index is 1.47. The summed E-state index contributed by atoms with van der Waals surface area (Å²) in [6, 6.07) is 12.1. The Hall–Kier alpha value is -3.52. The van der Waals surface area contributed by atoms with E-state index in [4.69, 9.17) is 0 Å². The first-order valence-electron chi connectivity index (χ1n) is 13.0. The summed E-state index contributed by atoms with van der Waals surface area (Å²) in [5, 5.41) is 8.13. The van der Waals surface area contributed by atoms with Crippen molar-refractivity contribution >= 4 is 27.8 Å². The lowest BCUT2D eigenvalue weighted by atomic mass is 9.95. The van der Waals surface area contributed by atoms with Gasteiger partial charge in [0.05, 0.1) is 27.7 Å². The molecule has 7 nitrogen and oxygen atoms in total. The Labute approximate surface area is 229 Å². The summed E-state index contributed by atoms with van der Waals surface area (Å²) >= 11 is 0. The molecule has 0 N–H and O–H groups in total. The van der Waals surface area contributed by atoms with E-state index in [0.29, 0.717) is 41.4 Å². The fraction of sp³-hybridized carbons (Fsp3) is 0.448. The van der Waals surface area contributed by atoms with E-state index >= 15 is 0 Å². The number of aldehydes is 1. The Morgan fingerprint density at radius 2 is 1.80 bits per heavy atom. The Bertz CT molecular complexity index is 1550. The number of alkyl halides is 3. The highest BCUT2D eigenvalue weighted by Crippen LogP contribution is 2.59. The van der Waals surface area contributed by atoms with Crippen LogP contribution in [0.2, 0.25) is 0 Å². The van der Waals surface area contributed by atoms with Crippen molar-refractivity contribution in [3.8, 4) is 17.2 Å². The Kier molecular flexibility index (Phi) is 6.69. The summed E-state index contributed by atoms with van der Waals surface area (Å²) in [5.41, 5.74) is -1.48. The lowest BCUT2D eigenvalue weighted by Gasteiger charge is -2.29. The van der Waals surface area contributed by atoms with Crippen LogP contribution in [0.3, 0.4) is 0 Å². The number of carbonyl (C=O) groups excluding carboxylic acids is 3. The number of hydrogen-bond donors (Lipinski definition) is 0. The third-order valence-corrected chi connectivity index (χ3v) is 10.8. The first-order valence-corrected chi connectivity index (χ1v) is 14.5. The molecule has 5 rings (SSSR count). The van der Waals surface area contributed by atoms with Crippen molar-refractivity contribution in [2.45, 2.75) is 67.8 Å². The van der Waals surface area contributed by atoms with Crippen LogP contribution in [-0.2, 0) is 19.4 Å². The summed E-state index contributed by atoms with van der Waals surface area (Å²) in [5.74, 6) is -1.85. The highest BCUT2D eigenvalue weighted by Gasteiger charge is 2.70. The van der Waals surface area contributed by atoms with Crippen molar-refractivity contribution in [2.75, 3.05) is 6.54 Å². The lowest BCUT2D eigenvalue weighted by molar-refractivity contribution is -0.199. The average Bonchev–Trinajstić information content (AvgIpc) is 3.84. The number of rotatable bonds is 8. The highest BCUT2D eigenvalue weighted by atomic mass is 32.2. The van der Waals surface area contributed by atoms with Crippen molar-refractivity contribution in [1.29, 1.82) is 5.26 Å². The molecule has 11 heteroatoms. The van der Waals surface area contributed by atoms with Crippen LogP contribution in [0.1, 0.15) is 54.4 Å². The maximum Gasteiger partial charge on any atom is 0.403 e. The van der Waals surface area contributed by atoms with Crippen molar-refractivity contribution in [2.24, 2.45) is 10.8 Å². The summed E-state index contributed by atoms with van der Waals surface area (Å²) < 4.78 is 69.1. The number of sulfone groups is 1. The van der Waals surface area contributed by atoms with Crippen molar-refractivity contribution in [1.82, 2.24) is 4.90 Å². The smallest absolute Gasteiger partial charge is 0.331 e. The Morgan fingerprint density at radius 1 is 1.12 bits per heavy atom.